The van der Waals surface area contributed by atoms with Crippen molar-refractivity contribution in [2.75, 3.05) is 36.5 Å². The molecule has 2 N–H and O–H groups in total. The highest BCUT2D eigenvalue weighted by atomic mass is 16.5. The zero-order chi connectivity index (χ0) is 20.8. The molecule has 29 heavy (non-hydrogen) atoms. The van der Waals surface area contributed by atoms with Crippen LogP contribution in [0.5, 0.6) is 0 Å². The van der Waals surface area contributed by atoms with E-state index in [1.54, 1.807) is 6.07 Å². The molecule has 0 aliphatic carbocycles. The van der Waals surface area contributed by atoms with Gasteiger partial charge in [0.1, 0.15) is 6.04 Å². The monoisotopic (exact) mass is 395 g/mol. The molecule has 1 atom stereocenters. The number of ether oxygens (including phenoxy) is 1. The van der Waals surface area contributed by atoms with E-state index in [2.05, 4.69) is 15.5 Å². The Labute approximate surface area is 172 Å². The van der Waals surface area contributed by atoms with Gasteiger partial charge in [-0.05, 0) is 49.2 Å². The summed E-state index contributed by atoms with van der Waals surface area (Å²) >= 11 is 0. The first kappa shape index (κ1) is 20.9. The number of aryl methyl sites for hydroxylation is 1. The summed E-state index contributed by atoms with van der Waals surface area (Å²) in [4.78, 5) is 27.7. The van der Waals surface area contributed by atoms with Gasteiger partial charge in [-0.25, -0.2) is 0 Å². The van der Waals surface area contributed by atoms with Crippen molar-refractivity contribution in [2.45, 2.75) is 26.8 Å². The van der Waals surface area contributed by atoms with Crippen LogP contribution in [0.25, 0.3) is 0 Å². The third-order valence-corrected chi connectivity index (χ3v) is 5.03. The Bertz CT molecular complexity index is 843. The van der Waals surface area contributed by atoms with Crippen LogP contribution in [0.4, 0.5) is 11.4 Å². The molecule has 6 heteroatoms. The van der Waals surface area contributed by atoms with E-state index in [4.69, 9.17) is 4.74 Å². The van der Waals surface area contributed by atoms with E-state index >= 15 is 0 Å². The van der Waals surface area contributed by atoms with Gasteiger partial charge in [-0.15, -0.1) is 0 Å². The summed E-state index contributed by atoms with van der Waals surface area (Å²) in [6.07, 6.45) is 0. The van der Waals surface area contributed by atoms with Crippen molar-refractivity contribution in [1.29, 1.82) is 0 Å². The highest BCUT2D eigenvalue weighted by molar-refractivity contribution is 6.01. The Kier molecular flexibility index (Phi) is 6.88. The van der Waals surface area contributed by atoms with Crippen LogP contribution in [0.2, 0.25) is 0 Å². The summed E-state index contributed by atoms with van der Waals surface area (Å²) in [5.74, 6) is -0.512. The van der Waals surface area contributed by atoms with Gasteiger partial charge in [0, 0.05) is 30.0 Å². The average Bonchev–Trinajstić information content (AvgIpc) is 2.72. The van der Waals surface area contributed by atoms with Gasteiger partial charge in [-0.3, -0.25) is 9.59 Å². The molecule has 2 aromatic carbocycles. The van der Waals surface area contributed by atoms with Gasteiger partial charge in [-0.2, -0.15) is 0 Å². The fourth-order valence-corrected chi connectivity index (χ4v) is 3.34. The fraction of sp³-hybridized carbons (Fsp3) is 0.391. The average molecular weight is 396 g/mol. The summed E-state index contributed by atoms with van der Waals surface area (Å²) in [5.41, 5.74) is 3.38. The van der Waals surface area contributed by atoms with E-state index in [0.717, 1.165) is 37.6 Å². The number of nitrogens with one attached hydrogen (secondary N) is 2. The third-order valence-electron chi connectivity index (χ3n) is 5.03. The maximum Gasteiger partial charge on any atom is 0.251 e. The molecule has 0 spiro atoms. The maximum atomic E-state index is 12.8. The number of carbonyl (C=O) groups excluding carboxylic acids is 2. The molecule has 0 saturated carbocycles. The molecule has 1 fully saturated rings. The zero-order valence-electron chi connectivity index (χ0n) is 17.3. The number of nitrogens with zero attached hydrogens (tertiary/aromatic N) is 1. The van der Waals surface area contributed by atoms with Crippen LogP contribution in [-0.4, -0.2) is 44.2 Å². The smallest absolute Gasteiger partial charge is 0.251 e. The molecule has 0 unspecified atom stereocenters. The lowest BCUT2D eigenvalue weighted by Crippen LogP contribution is -2.47. The predicted octanol–water partition coefficient (Wildman–Crippen LogP) is 3.22. The van der Waals surface area contributed by atoms with E-state index in [9.17, 15) is 9.59 Å². The largest absolute Gasteiger partial charge is 0.378 e. The molecule has 154 valence electrons. The summed E-state index contributed by atoms with van der Waals surface area (Å²) < 4.78 is 5.38. The van der Waals surface area contributed by atoms with E-state index in [0.29, 0.717) is 11.3 Å². The molecule has 3 rings (SSSR count). The number of anilines is 2. The lowest BCUT2D eigenvalue weighted by atomic mass is 10.0. The number of rotatable bonds is 6. The number of benzene rings is 2. The minimum absolute atomic E-state index is 0.0450. The minimum atomic E-state index is -0.623. The summed E-state index contributed by atoms with van der Waals surface area (Å²) in [5, 5.41) is 5.79. The van der Waals surface area contributed by atoms with Crippen molar-refractivity contribution in [3.8, 4) is 0 Å². The van der Waals surface area contributed by atoms with Gasteiger partial charge < -0.3 is 20.3 Å². The lowest BCUT2D eigenvalue weighted by Gasteiger charge is -2.29. The molecule has 6 nitrogen and oxygen atoms in total. The minimum Gasteiger partial charge on any atom is -0.378 e. The molecule has 2 amide bonds. The van der Waals surface area contributed by atoms with Crippen LogP contribution in [0.1, 0.15) is 29.8 Å². The number of carbonyl (C=O) groups is 2. The molecule has 2 aromatic rings. The van der Waals surface area contributed by atoms with Crippen molar-refractivity contribution in [2.24, 2.45) is 5.92 Å². The van der Waals surface area contributed by atoms with E-state index in [1.165, 1.54) is 0 Å². The maximum absolute atomic E-state index is 12.8. The second-order valence-corrected chi connectivity index (χ2v) is 7.70. The van der Waals surface area contributed by atoms with Crippen molar-refractivity contribution in [1.82, 2.24) is 5.32 Å². The van der Waals surface area contributed by atoms with Crippen LogP contribution in [0.3, 0.4) is 0 Å². The first-order valence-corrected chi connectivity index (χ1v) is 10.0. The highest BCUT2D eigenvalue weighted by Gasteiger charge is 2.25. The third kappa shape index (κ3) is 5.57. The van der Waals surface area contributed by atoms with Crippen LogP contribution in [0.15, 0.2) is 48.5 Å². The van der Waals surface area contributed by atoms with Crippen molar-refractivity contribution < 1.29 is 14.3 Å². The van der Waals surface area contributed by atoms with Crippen molar-refractivity contribution in [3.63, 3.8) is 0 Å². The van der Waals surface area contributed by atoms with E-state index in [-0.39, 0.29) is 17.7 Å². The Morgan fingerprint density at radius 2 is 1.72 bits per heavy atom. The van der Waals surface area contributed by atoms with Gasteiger partial charge >= 0.3 is 0 Å². The molecule has 1 aliphatic rings. The van der Waals surface area contributed by atoms with E-state index < -0.39 is 6.04 Å². The van der Waals surface area contributed by atoms with Gasteiger partial charge in [0.25, 0.3) is 5.91 Å². The Morgan fingerprint density at radius 3 is 2.34 bits per heavy atom. The number of hydrogen-bond acceptors (Lipinski definition) is 4. The quantitative estimate of drug-likeness (QED) is 0.788. The Hall–Kier alpha value is -2.86. The van der Waals surface area contributed by atoms with Crippen LogP contribution in [-0.2, 0) is 9.53 Å². The van der Waals surface area contributed by atoms with Gasteiger partial charge in [0.2, 0.25) is 5.91 Å². The van der Waals surface area contributed by atoms with E-state index in [1.807, 2.05) is 63.2 Å². The number of hydrogen-bond donors (Lipinski definition) is 2. The summed E-state index contributed by atoms with van der Waals surface area (Å²) in [6, 6.07) is 14.5. The molecule has 1 heterocycles. The zero-order valence-corrected chi connectivity index (χ0v) is 17.3. The number of amides is 2. The van der Waals surface area contributed by atoms with Crippen LogP contribution < -0.4 is 15.5 Å². The van der Waals surface area contributed by atoms with Gasteiger partial charge in [-0.1, -0.05) is 31.5 Å². The second-order valence-electron chi connectivity index (χ2n) is 7.70. The first-order chi connectivity index (χ1) is 13.9. The standard InChI is InChI=1S/C23H29N3O3/c1-16(2)21(25-22(27)18-6-4-5-17(3)15-18)23(28)24-19-7-9-20(10-8-19)26-11-13-29-14-12-26/h4-10,15-16,21H,11-14H2,1-3H3,(H,24,28)(H,25,27)/t21-/m1/s1. The van der Waals surface area contributed by atoms with Crippen molar-refractivity contribution >= 4 is 23.2 Å². The van der Waals surface area contributed by atoms with Crippen molar-refractivity contribution in [3.05, 3.63) is 59.7 Å². The number of morpholine rings is 1. The molecule has 0 radical (unpaired) electrons. The molecule has 1 saturated heterocycles. The van der Waals surface area contributed by atoms with Gasteiger partial charge in [0.05, 0.1) is 13.2 Å². The Morgan fingerprint density at radius 1 is 1.03 bits per heavy atom. The first-order valence-electron chi connectivity index (χ1n) is 10.0. The molecular weight excluding hydrogens is 366 g/mol. The summed E-state index contributed by atoms with van der Waals surface area (Å²) in [6.45, 7) is 8.97. The van der Waals surface area contributed by atoms with Crippen LogP contribution in [0, 0.1) is 12.8 Å². The molecular formula is C23H29N3O3. The predicted molar refractivity (Wildman–Crippen MR) is 115 cm³/mol. The highest BCUT2D eigenvalue weighted by Crippen LogP contribution is 2.19. The second kappa shape index (κ2) is 9.56. The molecule has 0 bridgehead atoms. The Balaban J connectivity index is 1.64. The fourth-order valence-electron chi connectivity index (χ4n) is 3.34. The SMILES string of the molecule is Cc1cccc(C(=O)N[C@@H](C(=O)Nc2ccc(N3CCOCC3)cc2)C(C)C)c1. The lowest BCUT2D eigenvalue weighted by molar-refractivity contribution is -0.118. The molecule has 0 aromatic heterocycles. The normalized spacial score (nSPS) is 15.1. The topological polar surface area (TPSA) is 70.7 Å². The molecule has 1 aliphatic heterocycles. The van der Waals surface area contributed by atoms with Gasteiger partial charge in [0.15, 0.2) is 0 Å². The van der Waals surface area contributed by atoms with Crippen LogP contribution >= 0.6 is 0 Å². The summed E-state index contributed by atoms with van der Waals surface area (Å²) in [7, 11) is 0.